The van der Waals surface area contributed by atoms with Crippen molar-refractivity contribution in [2.45, 2.75) is 30.3 Å². The van der Waals surface area contributed by atoms with Crippen molar-refractivity contribution in [3.05, 3.63) is 83.9 Å². The van der Waals surface area contributed by atoms with Crippen molar-refractivity contribution in [2.24, 2.45) is 0 Å². The summed E-state index contributed by atoms with van der Waals surface area (Å²) >= 11 is 0. The maximum absolute atomic E-state index is 13.3. The van der Waals surface area contributed by atoms with Crippen LogP contribution in [0.2, 0.25) is 0 Å². The third kappa shape index (κ3) is 6.52. The van der Waals surface area contributed by atoms with Gasteiger partial charge in [-0.2, -0.15) is 4.72 Å². The highest BCUT2D eigenvalue weighted by Gasteiger charge is 2.28. The van der Waals surface area contributed by atoms with E-state index in [1.54, 1.807) is 13.2 Å². The van der Waals surface area contributed by atoms with Gasteiger partial charge in [0.25, 0.3) is 0 Å². The van der Waals surface area contributed by atoms with Crippen molar-refractivity contribution < 1.29 is 27.4 Å². The minimum Gasteiger partial charge on any atom is -0.496 e. The van der Waals surface area contributed by atoms with Gasteiger partial charge in [0, 0.05) is 11.6 Å². The Kier molecular flexibility index (Phi) is 8.73. The summed E-state index contributed by atoms with van der Waals surface area (Å²) in [6, 6.07) is 19.3. The first-order valence-electron chi connectivity index (χ1n) is 11.0. The van der Waals surface area contributed by atoms with Crippen molar-refractivity contribution >= 4 is 15.9 Å². The molecule has 0 aliphatic carbocycles. The van der Waals surface area contributed by atoms with Crippen LogP contribution in [0, 0.1) is 0 Å². The van der Waals surface area contributed by atoms with E-state index in [9.17, 15) is 13.2 Å². The zero-order valence-electron chi connectivity index (χ0n) is 20.1. The predicted octanol–water partition coefficient (Wildman–Crippen LogP) is 3.48. The first-order valence-corrected chi connectivity index (χ1v) is 12.5. The number of ether oxygens (including phenoxy) is 3. The monoisotopic (exact) mass is 498 g/mol. The van der Waals surface area contributed by atoms with E-state index in [1.165, 1.54) is 32.4 Å². The Morgan fingerprint density at radius 2 is 1.46 bits per heavy atom. The van der Waals surface area contributed by atoms with Crippen molar-refractivity contribution in [2.75, 3.05) is 21.3 Å². The van der Waals surface area contributed by atoms with Gasteiger partial charge in [-0.25, -0.2) is 8.42 Å². The SMILES string of the molecule is COc1ccc(S(=O)(=O)N[C@H](Cc2ccccc2)C(=O)N[C@@H](C)c2ccccc2OC)cc1OC. The molecule has 0 spiro atoms. The molecule has 0 aromatic heterocycles. The molecule has 2 N–H and O–H groups in total. The van der Waals surface area contributed by atoms with Crippen LogP contribution in [0.4, 0.5) is 0 Å². The van der Waals surface area contributed by atoms with Gasteiger partial charge in [0.2, 0.25) is 15.9 Å². The van der Waals surface area contributed by atoms with Crippen LogP contribution in [0.5, 0.6) is 17.2 Å². The fourth-order valence-corrected chi connectivity index (χ4v) is 4.90. The molecule has 186 valence electrons. The quantitative estimate of drug-likeness (QED) is 0.420. The number of methoxy groups -OCH3 is 3. The summed E-state index contributed by atoms with van der Waals surface area (Å²) in [6.07, 6.45) is 0.165. The highest BCUT2D eigenvalue weighted by Crippen LogP contribution is 2.29. The van der Waals surface area contributed by atoms with Crippen molar-refractivity contribution in [1.29, 1.82) is 0 Å². The van der Waals surface area contributed by atoms with Crippen LogP contribution in [-0.4, -0.2) is 41.7 Å². The van der Waals surface area contributed by atoms with Crippen LogP contribution < -0.4 is 24.2 Å². The minimum absolute atomic E-state index is 0.0428. The molecule has 3 rings (SSSR count). The Hall–Kier alpha value is -3.56. The van der Waals surface area contributed by atoms with Crippen LogP contribution in [0.15, 0.2) is 77.7 Å². The molecule has 2 atom stereocenters. The van der Waals surface area contributed by atoms with Crippen molar-refractivity contribution in [3.8, 4) is 17.2 Å². The van der Waals surface area contributed by atoms with E-state index in [-0.39, 0.29) is 17.1 Å². The second kappa shape index (κ2) is 11.7. The van der Waals surface area contributed by atoms with Crippen LogP contribution in [0.3, 0.4) is 0 Å². The summed E-state index contributed by atoms with van der Waals surface area (Å²) in [5, 5.41) is 2.92. The van der Waals surface area contributed by atoms with E-state index >= 15 is 0 Å². The lowest BCUT2D eigenvalue weighted by molar-refractivity contribution is -0.123. The highest BCUT2D eigenvalue weighted by molar-refractivity contribution is 7.89. The lowest BCUT2D eigenvalue weighted by Crippen LogP contribution is -2.48. The number of hydrogen-bond donors (Lipinski definition) is 2. The fraction of sp³-hybridized carbons (Fsp3) is 0.269. The number of sulfonamides is 1. The average Bonchev–Trinajstić information content (AvgIpc) is 2.88. The molecule has 8 nitrogen and oxygen atoms in total. The number of hydrogen-bond acceptors (Lipinski definition) is 6. The number of amides is 1. The van der Waals surface area contributed by atoms with Crippen LogP contribution >= 0.6 is 0 Å². The molecule has 0 fully saturated rings. The standard InChI is InChI=1S/C26H30N2O6S/c1-18(21-12-8-9-13-23(21)32-2)27-26(29)22(16-19-10-6-5-7-11-19)28-35(30,31)20-14-15-24(33-3)25(17-20)34-4/h5-15,17-18,22,28H,16H2,1-4H3,(H,27,29)/t18-,22+/m0/s1. The number of nitrogens with one attached hydrogen (secondary N) is 2. The smallest absolute Gasteiger partial charge is 0.241 e. The molecular formula is C26H30N2O6S. The van der Waals surface area contributed by atoms with Gasteiger partial charge in [-0.3, -0.25) is 4.79 Å². The van der Waals surface area contributed by atoms with E-state index in [4.69, 9.17) is 14.2 Å². The third-order valence-electron chi connectivity index (χ3n) is 5.53. The number of carbonyl (C=O) groups excluding carboxylic acids is 1. The van der Waals surface area contributed by atoms with Gasteiger partial charge in [0.1, 0.15) is 11.8 Å². The minimum atomic E-state index is -4.07. The molecule has 0 saturated heterocycles. The molecule has 0 aliphatic rings. The maximum Gasteiger partial charge on any atom is 0.241 e. The second-order valence-electron chi connectivity index (χ2n) is 7.85. The van der Waals surface area contributed by atoms with Crippen LogP contribution in [0.1, 0.15) is 24.1 Å². The molecule has 0 radical (unpaired) electrons. The van der Waals surface area contributed by atoms with Gasteiger partial charge in [0.15, 0.2) is 11.5 Å². The molecule has 0 aliphatic heterocycles. The molecule has 0 bridgehead atoms. The summed E-state index contributed by atoms with van der Waals surface area (Å²) in [4.78, 5) is 13.3. The van der Waals surface area contributed by atoms with Gasteiger partial charge in [0.05, 0.1) is 32.3 Å². The van der Waals surface area contributed by atoms with Gasteiger partial charge in [-0.1, -0.05) is 48.5 Å². The van der Waals surface area contributed by atoms with Crippen molar-refractivity contribution in [1.82, 2.24) is 10.0 Å². The summed E-state index contributed by atoms with van der Waals surface area (Å²) < 4.78 is 44.9. The number of para-hydroxylation sites is 1. The molecule has 1 amide bonds. The second-order valence-corrected chi connectivity index (χ2v) is 9.57. The largest absolute Gasteiger partial charge is 0.496 e. The molecule has 0 saturated carbocycles. The zero-order valence-corrected chi connectivity index (χ0v) is 21.0. The maximum atomic E-state index is 13.3. The van der Waals surface area contributed by atoms with Crippen molar-refractivity contribution in [3.63, 3.8) is 0 Å². The summed E-state index contributed by atoms with van der Waals surface area (Å²) in [5.74, 6) is 0.835. The Labute approximate surface area is 206 Å². The van der Waals surface area contributed by atoms with E-state index < -0.39 is 28.0 Å². The molecule has 3 aromatic rings. The average molecular weight is 499 g/mol. The zero-order chi connectivity index (χ0) is 25.4. The van der Waals surface area contributed by atoms with E-state index in [1.807, 2.05) is 55.5 Å². The Balaban J connectivity index is 1.88. The molecule has 35 heavy (non-hydrogen) atoms. The molecule has 3 aromatic carbocycles. The van der Waals surface area contributed by atoms with Crippen LogP contribution in [0.25, 0.3) is 0 Å². The van der Waals surface area contributed by atoms with Gasteiger partial charge in [-0.15, -0.1) is 0 Å². The lowest BCUT2D eigenvalue weighted by Gasteiger charge is -2.23. The topological polar surface area (TPSA) is 103 Å². The lowest BCUT2D eigenvalue weighted by atomic mass is 10.0. The Morgan fingerprint density at radius 3 is 2.11 bits per heavy atom. The summed E-state index contributed by atoms with van der Waals surface area (Å²) in [6.45, 7) is 1.82. The molecular weight excluding hydrogens is 468 g/mol. The highest BCUT2D eigenvalue weighted by atomic mass is 32.2. The Bertz CT molecular complexity index is 1250. The summed E-state index contributed by atoms with van der Waals surface area (Å²) in [7, 11) is 0.381. The van der Waals surface area contributed by atoms with E-state index in [0.29, 0.717) is 11.5 Å². The Morgan fingerprint density at radius 1 is 0.829 bits per heavy atom. The van der Waals surface area contributed by atoms with E-state index in [0.717, 1.165) is 11.1 Å². The first-order chi connectivity index (χ1) is 16.8. The molecule has 9 heteroatoms. The molecule has 0 heterocycles. The number of rotatable bonds is 11. The number of carbonyl (C=O) groups is 1. The fourth-order valence-electron chi connectivity index (χ4n) is 3.69. The number of benzene rings is 3. The van der Waals surface area contributed by atoms with Gasteiger partial charge in [-0.05, 0) is 37.1 Å². The van der Waals surface area contributed by atoms with Crippen LogP contribution in [-0.2, 0) is 21.2 Å². The normalized spacial score (nSPS) is 12.9. The van der Waals surface area contributed by atoms with Gasteiger partial charge < -0.3 is 19.5 Å². The predicted molar refractivity (Wildman–Crippen MR) is 133 cm³/mol. The summed E-state index contributed by atoms with van der Waals surface area (Å²) in [5.41, 5.74) is 1.59. The third-order valence-corrected chi connectivity index (χ3v) is 7.00. The first kappa shape index (κ1) is 26.1. The molecule has 0 unspecified atom stereocenters. The van der Waals surface area contributed by atoms with E-state index in [2.05, 4.69) is 10.0 Å². The van der Waals surface area contributed by atoms with Gasteiger partial charge >= 0.3 is 0 Å².